The molecule has 2 rings (SSSR count). The second kappa shape index (κ2) is 6.21. The van der Waals surface area contributed by atoms with Gasteiger partial charge in [0, 0.05) is 19.6 Å². The van der Waals surface area contributed by atoms with E-state index in [1.807, 2.05) is 0 Å². The molecule has 0 aromatic carbocycles. The molecule has 17 heavy (non-hydrogen) atoms. The molecule has 2 heterocycles. The van der Waals surface area contributed by atoms with E-state index in [2.05, 4.69) is 16.5 Å². The van der Waals surface area contributed by atoms with Crippen LogP contribution in [0.4, 0.5) is 0 Å². The van der Waals surface area contributed by atoms with Crippen molar-refractivity contribution in [3.63, 3.8) is 0 Å². The summed E-state index contributed by atoms with van der Waals surface area (Å²) in [5.74, 6) is 0.697. The number of nitrogens with zero attached hydrogens (tertiary/aromatic N) is 2. The molecule has 0 saturated carbocycles. The van der Waals surface area contributed by atoms with E-state index in [1.54, 1.807) is 0 Å². The van der Waals surface area contributed by atoms with E-state index in [0.29, 0.717) is 12.3 Å². The third-order valence-electron chi connectivity index (χ3n) is 3.11. The lowest BCUT2D eigenvalue weighted by atomic mass is 9.93. The maximum atomic E-state index is 12.2. The third kappa shape index (κ3) is 3.33. The highest BCUT2D eigenvalue weighted by atomic mass is 32.1. The number of ketones is 1. The molecule has 5 heteroatoms. The highest BCUT2D eigenvalue weighted by molar-refractivity contribution is 7.08. The molecule has 1 aromatic heterocycles. The second-order valence-electron chi connectivity index (χ2n) is 4.48. The maximum Gasteiger partial charge on any atom is 0.176 e. The first-order valence-corrected chi connectivity index (χ1v) is 7.00. The van der Waals surface area contributed by atoms with Gasteiger partial charge in [0.1, 0.15) is 4.88 Å². The Bertz CT molecular complexity index is 372. The standard InChI is InChI=1S/C12H18N2O2S/c1-2-3-10-12(17-14-13-10)11(15)8-9-4-6-16-7-5-9/h9H,2-8H2,1H3. The molecule has 1 aliphatic heterocycles. The zero-order valence-electron chi connectivity index (χ0n) is 10.1. The maximum absolute atomic E-state index is 12.2. The predicted octanol–water partition coefficient (Wildman–Crippen LogP) is 2.49. The number of aryl methyl sites for hydroxylation is 1. The molecule has 1 saturated heterocycles. The fourth-order valence-electron chi connectivity index (χ4n) is 2.13. The molecule has 0 bridgehead atoms. The fraction of sp³-hybridized carbons (Fsp3) is 0.750. The number of ether oxygens (including phenoxy) is 1. The van der Waals surface area contributed by atoms with Crippen LogP contribution in [0.1, 0.15) is 48.0 Å². The largest absolute Gasteiger partial charge is 0.381 e. The molecule has 4 nitrogen and oxygen atoms in total. The Morgan fingerprint density at radius 1 is 1.47 bits per heavy atom. The number of carbonyl (C=O) groups excluding carboxylic acids is 1. The Morgan fingerprint density at radius 2 is 2.24 bits per heavy atom. The minimum Gasteiger partial charge on any atom is -0.381 e. The van der Waals surface area contributed by atoms with Crippen LogP contribution in [0, 0.1) is 5.92 Å². The lowest BCUT2D eigenvalue weighted by Crippen LogP contribution is -2.18. The van der Waals surface area contributed by atoms with Crippen molar-refractivity contribution < 1.29 is 9.53 Å². The topological polar surface area (TPSA) is 52.1 Å². The molecule has 0 amide bonds. The number of rotatable bonds is 5. The molecular formula is C12H18N2O2S. The number of hydrogen-bond donors (Lipinski definition) is 0. The van der Waals surface area contributed by atoms with Gasteiger partial charge in [-0.05, 0) is 36.7 Å². The molecule has 0 N–H and O–H groups in total. The minimum absolute atomic E-state index is 0.218. The molecule has 1 aromatic rings. The van der Waals surface area contributed by atoms with E-state index in [0.717, 1.165) is 49.5 Å². The Morgan fingerprint density at radius 3 is 2.94 bits per heavy atom. The summed E-state index contributed by atoms with van der Waals surface area (Å²) in [6.45, 7) is 3.67. The highest BCUT2D eigenvalue weighted by Gasteiger charge is 2.21. The molecule has 1 fully saturated rings. The first-order chi connectivity index (χ1) is 8.31. The van der Waals surface area contributed by atoms with Crippen molar-refractivity contribution in [1.82, 2.24) is 9.59 Å². The van der Waals surface area contributed by atoms with Crippen LogP contribution in [0.3, 0.4) is 0 Å². The second-order valence-corrected chi connectivity index (χ2v) is 5.24. The van der Waals surface area contributed by atoms with Crippen LogP contribution < -0.4 is 0 Å². The number of carbonyl (C=O) groups is 1. The van der Waals surface area contributed by atoms with Crippen LogP contribution in [0.15, 0.2) is 0 Å². The van der Waals surface area contributed by atoms with Crippen LogP contribution in [0.2, 0.25) is 0 Å². The summed E-state index contributed by atoms with van der Waals surface area (Å²) in [5.41, 5.74) is 0.884. The Balaban J connectivity index is 1.96. The van der Waals surface area contributed by atoms with Gasteiger partial charge in [-0.1, -0.05) is 17.8 Å². The first-order valence-electron chi connectivity index (χ1n) is 6.23. The summed E-state index contributed by atoms with van der Waals surface area (Å²) in [5, 5.41) is 4.04. The van der Waals surface area contributed by atoms with Crippen molar-refractivity contribution in [1.29, 1.82) is 0 Å². The predicted molar refractivity (Wildman–Crippen MR) is 66.4 cm³/mol. The Labute approximate surface area is 106 Å². The van der Waals surface area contributed by atoms with Crippen molar-refractivity contribution in [3.05, 3.63) is 10.6 Å². The van der Waals surface area contributed by atoms with E-state index in [-0.39, 0.29) is 5.78 Å². The van der Waals surface area contributed by atoms with Crippen LogP contribution in [-0.2, 0) is 11.2 Å². The average molecular weight is 254 g/mol. The van der Waals surface area contributed by atoms with E-state index in [1.165, 1.54) is 11.5 Å². The number of Topliss-reactive ketones (excluding diaryl/α,β-unsaturated/α-hetero) is 1. The van der Waals surface area contributed by atoms with Gasteiger partial charge in [0.25, 0.3) is 0 Å². The van der Waals surface area contributed by atoms with Crippen LogP contribution in [-0.4, -0.2) is 28.6 Å². The van der Waals surface area contributed by atoms with Gasteiger partial charge in [-0.15, -0.1) is 5.10 Å². The molecule has 0 spiro atoms. The van der Waals surface area contributed by atoms with Gasteiger partial charge >= 0.3 is 0 Å². The molecule has 94 valence electrons. The fourth-order valence-corrected chi connectivity index (χ4v) is 2.78. The molecule has 0 radical (unpaired) electrons. The van der Waals surface area contributed by atoms with Gasteiger partial charge in [0.05, 0.1) is 5.69 Å². The molecule has 0 atom stereocenters. The number of aromatic nitrogens is 2. The molecule has 1 aliphatic rings. The smallest absolute Gasteiger partial charge is 0.176 e. The van der Waals surface area contributed by atoms with Gasteiger partial charge in [0.15, 0.2) is 5.78 Å². The van der Waals surface area contributed by atoms with E-state index < -0.39 is 0 Å². The monoisotopic (exact) mass is 254 g/mol. The van der Waals surface area contributed by atoms with Crippen molar-refractivity contribution in [2.75, 3.05) is 13.2 Å². The van der Waals surface area contributed by atoms with E-state index >= 15 is 0 Å². The van der Waals surface area contributed by atoms with Crippen LogP contribution in [0.25, 0.3) is 0 Å². The molecular weight excluding hydrogens is 236 g/mol. The Kier molecular flexibility index (Phi) is 4.62. The minimum atomic E-state index is 0.218. The summed E-state index contributed by atoms with van der Waals surface area (Å²) in [6, 6.07) is 0. The summed E-state index contributed by atoms with van der Waals surface area (Å²) in [6.07, 6.45) is 4.49. The highest BCUT2D eigenvalue weighted by Crippen LogP contribution is 2.23. The van der Waals surface area contributed by atoms with Crippen molar-refractivity contribution in [2.45, 2.75) is 39.0 Å². The van der Waals surface area contributed by atoms with Gasteiger partial charge in [-0.2, -0.15) is 0 Å². The van der Waals surface area contributed by atoms with Crippen LogP contribution >= 0.6 is 11.5 Å². The van der Waals surface area contributed by atoms with Gasteiger partial charge in [-0.25, -0.2) is 0 Å². The Hall–Kier alpha value is -0.810. The van der Waals surface area contributed by atoms with Crippen molar-refractivity contribution >= 4 is 17.3 Å². The normalized spacial score (nSPS) is 17.2. The lowest BCUT2D eigenvalue weighted by molar-refractivity contribution is 0.0602. The number of hydrogen-bond acceptors (Lipinski definition) is 5. The first kappa shape index (κ1) is 12.6. The SMILES string of the molecule is CCCc1nnsc1C(=O)CC1CCOCC1. The molecule has 0 aliphatic carbocycles. The van der Waals surface area contributed by atoms with Gasteiger partial charge in [0.2, 0.25) is 0 Å². The third-order valence-corrected chi connectivity index (χ3v) is 3.92. The summed E-state index contributed by atoms with van der Waals surface area (Å²) in [4.78, 5) is 12.9. The molecule has 0 unspecified atom stereocenters. The lowest BCUT2D eigenvalue weighted by Gasteiger charge is -2.20. The quantitative estimate of drug-likeness (QED) is 0.757. The average Bonchev–Trinajstić information content (AvgIpc) is 2.79. The van der Waals surface area contributed by atoms with Crippen molar-refractivity contribution in [2.24, 2.45) is 5.92 Å². The van der Waals surface area contributed by atoms with Gasteiger partial charge < -0.3 is 4.74 Å². The van der Waals surface area contributed by atoms with E-state index in [9.17, 15) is 4.79 Å². The zero-order valence-corrected chi connectivity index (χ0v) is 11.0. The zero-order chi connectivity index (χ0) is 12.1. The summed E-state index contributed by atoms with van der Waals surface area (Å²) in [7, 11) is 0. The van der Waals surface area contributed by atoms with Crippen LogP contribution in [0.5, 0.6) is 0 Å². The van der Waals surface area contributed by atoms with Gasteiger partial charge in [-0.3, -0.25) is 4.79 Å². The summed E-state index contributed by atoms with van der Waals surface area (Å²) >= 11 is 1.24. The summed E-state index contributed by atoms with van der Waals surface area (Å²) < 4.78 is 9.20. The van der Waals surface area contributed by atoms with Crippen molar-refractivity contribution in [3.8, 4) is 0 Å². The van der Waals surface area contributed by atoms with E-state index in [4.69, 9.17) is 4.74 Å².